The SMILES string of the molecule is C[C@@H]1C[C@]2(c3ccc(Cl)cc3)OC[C@H]3CC=CC[C@H]3N2C1=O. The number of fused-ring (bicyclic) bond motifs is 3. The molecule has 0 aromatic heterocycles. The van der Waals surface area contributed by atoms with Crippen molar-refractivity contribution >= 4 is 17.5 Å². The highest BCUT2D eigenvalue weighted by atomic mass is 35.5. The van der Waals surface area contributed by atoms with Gasteiger partial charge in [0.15, 0.2) is 5.72 Å². The fourth-order valence-electron chi connectivity index (χ4n) is 4.22. The van der Waals surface area contributed by atoms with Crippen molar-refractivity contribution < 1.29 is 9.53 Å². The van der Waals surface area contributed by atoms with Crippen LogP contribution >= 0.6 is 11.6 Å². The normalized spacial score (nSPS) is 37.1. The van der Waals surface area contributed by atoms with Gasteiger partial charge < -0.3 is 9.64 Å². The molecular formula is C18H20ClNO2. The van der Waals surface area contributed by atoms with Crippen molar-refractivity contribution in [2.45, 2.75) is 38.0 Å². The molecule has 0 N–H and O–H groups in total. The molecule has 1 amide bonds. The average molecular weight is 318 g/mol. The third-order valence-electron chi connectivity index (χ3n) is 5.32. The minimum absolute atomic E-state index is 0.000309. The van der Waals surface area contributed by atoms with Gasteiger partial charge in [-0.25, -0.2) is 0 Å². The van der Waals surface area contributed by atoms with E-state index in [2.05, 4.69) is 12.2 Å². The average Bonchev–Trinajstić information content (AvgIpc) is 2.80. The van der Waals surface area contributed by atoms with E-state index in [0.717, 1.165) is 24.8 Å². The predicted molar refractivity (Wildman–Crippen MR) is 85.4 cm³/mol. The summed E-state index contributed by atoms with van der Waals surface area (Å²) >= 11 is 6.03. The maximum atomic E-state index is 12.8. The van der Waals surface area contributed by atoms with Gasteiger partial charge in [0, 0.05) is 34.9 Å². The van der Waals surface area contributed by atoms with Gasteiger partial charge in [-0.2, -0.15) is 0 Å². The van der Waals surface area contributed by atoms with Gasteiger partial charge in [0.05, 0.1) is 6.61 Å². The number of amides is 1. The quantitative estimate of drug-likeness (QED) is 0.739. The molecule has 1 aromatic rings. The first-order valence-corrected chi connectivity index (χ1v) is 8.38. The topological polar surface area (TPSA) is 29.5 Å². The van der Waals surface area contributed by atoms with Gasteiger partial charge in [0.25, 0.3) is 0 Å². The zero-order valence-corrected chi connectivity index (χ0v) is 13.4. The first-order valence-electron chi connectivity index (χ1n) is 8.00. The van der Waals surface area contributed by atoms with Gasteiger partial charge >= 0.3 is 0 Å². The van der Waals surface area contributed by atoms with Crippen molar-refractivity contribution in [1.29, 1.82) is 0 Å². The molecule has 3 aliphatic rings. The Morgan fingerprint density at radius 1 is 1.23 bits per heavy atom. The van der Waals surface area contributed by atoms with Crippen LogP contribution < -0.4 is 0 Å². The van der Waals surface area contributed by atoms with E-state index in [9.17, 15) is 4.79 Å². The van der Waals surface area contributed by atoms with E-state index in [1.807, 2.05) is 36.1 Å². The maximum absolute atomic E-state index is 12.8. The molecule has 0 spiro atoms. The molecule has 1 aliphatic carbocycles. The number of rotatable bonds is 1. The zero-order valence-electron chi connectivity index (χ0n) is 12.7. The summed E-state index contributed by atoms with van der Waals surface area (Å²) in [6.45, 7) is 2.73. The number of allylic oxidation sites excluding steroid dienone is 1. The molecule has 3 nitrogen and oxygen atoms in total. The number of hydrogen-bond donors (Lipinski definition) is 0. The van der Waals surface area contributed by atoms with E-state index in [1.54, 1.807) is 0 Å². The third-order valence-corrected chi connectivity index (χ3v) is 5.57. The van der Waals surface area contributed by atoms with E-state index in [1.165, 1.54) is 0 Å². The Morgan fingerprint density at radius 2 is 1.95 bits per heavy atom. The molecule has 2 fully saturated rings. The first-order chi connectivity index (χ1) is 10.6. The summed E-state index contributed by atoms with van der Waals surface area (Å²) in [5.74, 6) is 0.639. The second kappa shape index (κ2) is 5.10. The van der Waals surface area contributed by atoms with Crippen LogP contribution in [0.1, 0.15) is 31.7 Å². The van der Waals surface area contributed by atoms with Crippen LogP contribution in [0.25, 0.3) is 0 Å². The van der Waals surface area contributed by atoms with Gasteiger partial charge in [-0.1, -0.05) is 42.8 Å². The molecule has 4 rings (SSSR count). The lowest BCUT2D eigenvalue weighted by Crippen LogP contribution is -2.59. The van der Waals surface area contributed by atoms with Crippen LogP contribution in [0.5, 0.6) is 0 Å². The van der Waals surface area contributed by atoms with Crippen molar-refractivity contribution in [3.63, 3.8) is 0 Å². The molecule has 0 unspecified atom stereocenters. The summed E-state index contributed by atoms with van der Waals surface area (Å²) in [4.78, 5) is 14.9. The molecule has 4 atom stereocenters. The largest absolute Gasteiger partial charge is 0.351 e. The van der Waals surface area contributed by atoms with E-state index >= 15 is 0 Å². The Morgan fingerprint density at radius 3 is 2.73 bits per heavy atom. The molecule has 116 valence electrons. The highest BCUT2D eigenvalue weighted by Crippen LogP contribution is 2.50. The van der Waals surface area contributed by atoms with E-state index < -0.39 is 5.72 Å². The number of carbonyl (C=O) groups excluding carboxylic acids is 1. The Labute approximate surface area is 135 Å². The number of benzene rings is 1. The van der Waals surface area contributed by atoms with Crippen molar-refractivity contribution in [1.82, 2.24) is 4.90 Å². The number of nitrogens with zero attached hydrogens (tertiary/aromatic N) is 1. The smallest absolute Gasteiger partial charge is 0.228 e. The maximum Gasteiger partial charge on any atom is 0.228 e. The van der Waals surface area contributed by atoms with E-state index in [0.29, 0.717) is 17.5 Å². The van der Waals surface area contributed by atoms with Crippen LogP contribution in [0.4, 0.5) is 0 Å². The minimum Gasteiger partial charge on any atom is -0.351 e. The molecular weight excluding hydrogens is 298 g/mol. The lowest BCUT2D eigenvalue weighted by Gasteiger charge is -2.51. The van der Waals surface area contributed by atoms with Crippen LogP contribution in [0, 0.1) is 11.8 Å². The lowest BCUT2D eigenvalue weighted by atomic mass is 9.84. The summed E-state index contributed by atoms with van der Waals surface area (Å²) in [5.41, 5.74) is 0.440. The second-order valence-corrected chi connectivity index (χ2v) is 7.12. The fourth-order valence-corrected chi connectivity index (χ4v) is 4.35. The van der Waals surface area contributed by atoms with Crippen LogP contribution in [0.15, 0.2) is 36.4 Å². The minimum atomic E-state index is -0.604. The molecule has 0 radical (unpaired) electrons. The number of halogens is 1. The van der Waals surface area contributed by atoms with Crippen LogP contribution in [0.2, 0.25) is 5.02 Å². The predicted octanol–water partition coefficient (Wildman–Crippen LogP) is 3.73. The summed E-state index contributed by atoms with van der Waals surface area (Å²) in [7, 11) is 0. The number of hydrogen-bond acceptors (Lipinski definition) is 2. The molecule has 2 aliphatic heterocycles. The standard InChI is InChI=1S/C18H20ClNO2/c1-12-10-18(14-6-8-15(19)9-7-14)20(17(12)21)16-5-3-2-4-13(16)11-22-18/h2-3,6-9,12-13,16H,4-5,10-11H2,1H3/t12-,13-,16-,18-/m1/s1. The molecule has 4 heteroatoms. The fraction of sp³-hybridized carbons (Fsp3) is 0.500. The Kier molecular flexibility index (Phi) is 3.31. The van der Waals surface area contributed by atoms with Crippen molar-refractivity contribution in [3.05, 3.63) is 47.0 Å². The summed E-state index contributed by atoms with van der Waals surface area (Å²) < 4.78 is 6.35. The van der Waals surface area contributed by atoms with Crippen molar-refractivity contribution in [2.75, 3.05) is 6.61 Å². The Balaban J connectivity index is 1.80. The highest BCUT2D eigenvalue weighted by molar-refractivity contribution is 6.30. The van der Waals surface area contributed by atoms with Gasteiger partial charge in [-0.05, 0) is 25.0 Å². The molecule has 1 aromatic carbocycles. The van der Waals surface area contributed by atoms with Crippen molar-refractivity contribution in [3.8, 4) is 0 Å². The second-order valence-electron chi connectivity index (χ2n) is 6.69. The molecule has 0 bridgehead atoms. The van der Waals surface area contributed by atoms with Gasteiger partial charge in [-0.3, -0.25) is 4.79 Å². The van der Waals surface area contributed by atoms with Crippen LogP contribution in [-0.4, -0.2) is 23.5 Å². The van der Waals surface area contributed by atoms with Crippen molar-refractivity contribution in [2.24, 2.45) is 11.8 Å². The Hall–Kier alpha value is -1.32. The molecule has 2 saturated heterocycles. The molecule has 0 saturated carbocycles. The summed E-state index contributed by atoms with van der Waals surface area (Å²) in [6, 6.07) is 8.02. The summed E-state index contributed by atoms with van der Waals surface area (Å²) in [6.07, 6.45) is 7.07. The first kappa shape index (κ1) is 14.3. The molecule has 22 heavy (non-hydrogen) atoms. The summed E-state index contributed by atoms with van der Waals surface area (Å²) in [5, 5.41) is 0.707. The number of carbonyl (C=O) groups is 1. The highest BCUT2D eigenvalue weighted by Gasteiger charge is 2.57. The third kappa shape index (κ3) is 1.95. The van der Waals surface area contributed by atoms with E-state index in [4.69, 9.17) is 16.3 Å². The lowest BCUT2D eigenvalue weighted by molar-refractivity contribution is -0.216. The van der Waals surface area contributed by atoms with Gasteiger partial charge in [-0.15, -0.1) is 0 Å². The van der Waals surface area contributed by atoms with E-state index in [-0.39, 0.29) is 17.9 Å². The van der Waals surface area contributed by atoms with Gasteiger partial charge in [0.1, 0.15) is 0 Å². The monoisotopic (exact) mass is 317 g/mol. The Bertz CT molecular complexity index is 626. The zero-order chi connectivity index (χ0) is 15.3. The van der Waals surface area contributed by atoms with Gasteiger partial charge in [0.2, 0.25) is 5.91 Å². The number of ether oxygens (including phenoxy) is 1. The van der Waals surface area contributed by atoms with Crippen LogP contribution in [0.3, 0.4) is 0 Å². The van der Waals surface area contributed by atoms with Crippen LogP contribution in [-0.2, 0) is 15.3 Å². The molecule has 2 heterocycles.